The summed E-state index contributed by atoms with van der Waals surface area (Å²) in [5, 5.41) is 3.63. The van der Waals surface area contributed by atoms with E-state index in [4.69, 9.17) is 29.2 Å². The molecule has 1 aliphatic rings. The van der Waals surface area contributed by atoms with Gasteiger partial charge in [0.1, 0.15) is 18.8 Å². The topological polar surface area (TPSA) is 146 Å². The van der Waals surface area contributed by atoms with Gasteiger partial charge in [0.2, 0.25) is 0 Å². The molecule has 27 heavy (non-hydrogen) atoms. The van der Waals surface area contributed by atoms with Crippen molar-refractivity contribution in [3.05, 3.63) is 10.4 Å². The van der Waals surface area contributed by atoms with E-state index in [1.165, 1.54) is 6.92 Å². The molecule has 1 fully saturated rings. The molecular weight excluding hydrogens is 362 g/mol. The molecule has 0 amide bonds. The molecule has 11 heteroatoms. The van der Waals surface area contributed by atoms with Gasteiger partial charge in [0.25, 0.3) is 0 Å². The van der Waals surface area contributed by atoms with Gasteiger partial charge in [-0.2, -0.15) is 0 Å². The first-order valence-corrected chi connectivity index (χ1v) is 8.30. The van der Waals surface area contributed by atoms with Crippen LogP contribution in [0.15, 0.2) is 5.11 Å². The van der Waals surface area contributed by atoms with Crippen molar-refractivity contribution in [1.29, 1.82) is 0 Å². The van der Waals surface area contributed by atoms with Crippen LogP contribution in [0.3, 0.4) is 0 Å². The van der Waals surface area contributed by atoms with Crippen molar-refractivity contribution in [3.8, 4) is 0 Å². The van der Waals surface area contributed by atoms with Crippen LogP contribution in [0.4, 0.5) is 0 Å². The average molecular weight is 387 g/mol. The van der Waals surface area contributed by atoms with Crippen LogP contribution in [0, 0.1) is 0 Å². The van der Waals surface area contributed by atoms with E-state index in [0.717, 1.165) is 13.8 Å². The predicted octanol–water partition coefficient (Wildman–Crippen LogP) is 1.63. The summed E-state index contributed by atoms with van der Waals surface area (Å²) in [5.41, 5.74) is 8.23. The molecule has 0 spiro atoms. The first-order chi connectivity index (χ1) is 12.4. The van der Waals surface area contributed by atoms with Crippen LogP contribution >= 0.6 is 0 Å². The number of hydrogen-bond donors (Lipinski definition) is 0. The molecule has 1 heterocycles. The highest BCUT2D eigenvalue weighted by molar-refractivity contribution is 5.68. The fourth-order valence-corrected chi connectivity index (χ4v) is 2.51. The number of nitrogens with zero attached hydrogens (tertiary/aromatic N) is 3. The number of azide groups is 1. The SMILES string of the molecule is CC(=O)OC[C@H]1O[C@@H](OC(C)(C)C)[C@H](N=[N+]=[N-])[C@@H](OC(C)=O)[C@H]1OC(C)=O. The minimum Gasteiger partial charge on any atom is -0.463 e. The van der Waals surface area contributed by atoms with Gasteiger partial charge in [-0.3, -0.25) is 14.4 Å². The molecule has 0 radical (unpaired) electrons. The van der Waals surface area contributed by atoms with E-state index in [-0.39, 0.29) is 6.61 Å². The van der Waals surface area contributed by atoms with Gasteiger partial charge in [0.15, 0.2) is 18.5 Å². The zero-order valence-corrected chi connectivity index (χ0v) is 16.2. The molecule has 0 saturated carbocycles. The number of ether oxygens (including phenoxy) is 5. The third-order valence-electron chi connectivity index (χ3n) is 3.32. The second-order valence-electron chi connectivity index (χ2n) is 6.92. The van der Waals surface area contributed by atoms with Crippen molar-refractivity contribution in [3.63, 3.8) is 0 Å². The lowest BCUT2D eigenvalue weighted by Gasteiger charge is -2.44. The summed E-state index contributed by atoms with van der Waals surface area (Å²) in [7, 11) is 0. The Balaban J connectivity index is 3.31. The standard InChI is InChI=1S/C16H25N3O8/c1-8(20)23-7-11-13(24-9(2)21)14(25-10(3)22)12(18-19-17)15(26-11)27-16(4,5)6/h11-15H,7H2,1-6H3/t11-,12-,13+,14-,15+/m1/s1. The Morgan fingerprint density at radius 2 is 1.59 bits per heavy atom. The van der Waals surface area contributed by atoms with Gasteiger partial charge in [-0.25, -0.2) is 0 Å². The van der Waals surface area contributed by atoms with E-state index in [0.29, 0.717) is 0 Å². The summed E-state index contributed by atoms with van der Waals surface area (Å²) in [5.74, 6) is -1.93. The van der Waals surface area contributed by atoms with Crippen molar-refractivity contribution in [2.75, 3.05) is 6.61 Å². The van der Waals surface area contributed by atoms with Crippen LogP contribution in [0.5, 0.6) is 0 Å². The molecule has 0 aromatic rings. The molecule has 1 saturated heterocycles. The molecule has 0 aromatic carbocycles. The highest BCUT2D eigenvalue weighted by Gasteiger charge is 2.51. The Hall–Kier alpha value is -2.36. The van der Waals surface area contributed by atoms with E-state index in [2.05, 4.69) is 10.0 Å². The Labute approximate surface area is 156 Å². The number of carbonyl (C=O) groups excluding carboxylic acids is 3. The van der Waals surface area contributed by atoms with Crippen molar-refractivity contribution in [2.24, 2.45) is 5.11 Å². The van der Waals surface area contributed by atoms with E-state index in [1.54, 1.807) is 20.8 Å². The highest BCUT2D eigenvalue weighted by atomic mass is 16.7. The Morgan fingerprint density at radius 1 is 1.04 bits per heavy atom. The largest absolute Gasteiger partial charge is 0.463 e. The molecule has 0 aliphatic carbocycles. The molecule has 5 atom stereocenters. The van der Waals surface area contributed by atoms with Gasteiger partial charge >= 0.3 is 17.9 Å². The zero-order valence-electron chi connectivity index (χ0n) is 16.2. The normalized spacial score (nSPS) is 27.9. The predicted molar refractivity (Wildman–Crippen MR) is 90.2 cm³/mol. The molecule has 1 aliphatic heterocycles. The van der Waals surface area contributed by atoms with Crippen LogP contribution in [-0.4, -0.2) is 60.8 Å². The summed E-state index contributed by atoms with van der Waals surface area (Å²) < 4.78 is 27.0. The zero-order chi connectivity index (χ0) is 20.8. The smallest absolute Gasteiger partial charge is 0.303 e. The number of hydrogen-bond acceptors (Lipinski definition) is 9. The van der Waals surface area contributed by atoms with E-state index >= 15 is 0 Å². The molecule has 11 nitrogen and oxygen atoms in total. The molecule has 0 unspecified atom stereocenters. The first-order valence-electron chi connectivity index (χ1n) is 8.30. The van der Waals surface area contributed by atoms with Gasteiger partial charge in [-0.15, -0.1) is 0 Å². The lowest BCUT2D eigenvalue weighted by atomic mass is 9.96. The van der Waals surface area contributed by atoms with Crippen molar-refractivity contribution in [1.82, 2.24) is 0 Å². The number of carbonyl (C=O) groups is 3. The van der Waals surface area contributed by atoms with Crippen LogP contribution in [-0.2, 0) is 38.1 Å². The molecule has 0 aromatic heterocycles. The Bertz CT molecular complexity index is 611. The van der Waals surface area contributed by atoms with Crippen LogP contribution < -0.4 is 0 Å². The van der Waals surface area contributed by atoms with E-state index < -0.39 is 54.2 Å². The Kier molecular flexibility index (Phi) is 8.01. The molecular formula is C16H25N3O8. The van der Waals surface area contributed by atoms with Crippen LogP contribution in [0.25, 0.3) is 10.4 Å². The maximum absolute atomic E-state index is 11.6. The monoisotopic (exact) mass is 387 g/mol. The van der Waals surface area contributed by atoms with Crippen LogP contribution in [0.1, 0.15) is 41.5 Å². The fraction of sp³-hybridized carbons (Fsp3) is 0.812. The van der Waals surface area contributed by atoms with E-state index in [1.807, 2.05) is 0 Å². The quantitative estimate of drug-likeness (QED) is 0.220. The van der Waals surface area contributed by atoms with Gasteiger partial charge < -0.3 is 23.7 Å². The van der Waals surface area contributed by atoms with Gasteiger partial charge in [0.05, 0.1) is 5.60 Å². The van der Waals surface area contributed by atoms with Gasteiger partial charge in [-0.05, 0) is 26.3 Å². The fourth-order valence-electron chi connectivity index (χ4n) is 2.51. The molecule has 152 valence electrons. The summed E-state index contributed by atoms with van der Waals surface area (Å²) in [4.78, 5) is 37.1. The van der Waals surface area contributed by atoms with Crippen LogP contribution in [0.2, 0.25) is 0 Å². The van der Waals surface area contributed by atoms with Gasteiger partial charge in [0, 0.05) is 25.7 Å². The minimum atomic E-state index is -1.19. The summed E-state index contributed by atoms with van der Waals surface area (Å²) >= 11 is 0. The Morgan fingerprint density at radius 3 is 2.04 bits per heavy atom. The average Bonchev–Trinajstić information content (AvgIpc) is 2.49. The third-order valence-corrected chi connectivity index (χ3v) is 3.32. The minimum absolute atomic E-state index is 0.280. The first kappa shape index (κ1) is 22.7. The second-order valence-corrected chi connectivity index (χ2v) is 6.92. The number of esters is 3. The van der Waals surface area contributed by atoms with Crippen molar-refractivity contribution >= 4 is 17.9 Å². The van der Waals surface area contributed by atoms with Crippen molar-refractivity contribution < 1.29 is 38.1 Å². The van der Waals surface area contributed by atoms with Gasteiger partial charge in [-0.1, -0.05) is 5.11 Å². The summed E-state index contributed by atoms with van der Waals surface area (Å²) in [6.07, 6.45) is -4.48. The molecule has 0 N–H and O–H groups in total. The number of rotatable bonds is 6. The highest BCUT2D eigenvalue weighted by Crippen LogP contribution is 2.31. The third kappa shape index (κ3) is 7.41. The summed E-state index contributed by atoms with van der Waals surface area (Å²) in [6.45, 7) is 8.51. The lowest BCUT2D eigenvalue weighted by Crippen LogP contribution is -2.62. The molecule has 1 rings (SSSR count). The maximum atomic E-state index is 11.6. The van der Waals surface area contributed by atoms with E-state index in [9.17, 15) is 14.4 Å². The van der Waals surface area contributed by atoms with Crippen molar-refractivity contribution in [2.45, 2.75) is 77.8 Å². The lowest BCUT2D eigenvalue weighted by molar-refractivity contribution is -0.293. The second kappa shape index (κ2) is 9.54. The maximum Gasteiger partial charge on any atom is 0.303 e. The molecule has 0 bridgehead atoms. The summed E-state index contributed by atoms with van der Waals surface area (Å²) in [6, 6.07) is -1.13.